The van der Waals surface area contributed by atoms with Crippen molar-refractivity contribution in [3.05, 3.63) is 132 Å². The molecule has 1 aliphatic carbocycles. The number of nitrogens with one attached hydrogen (secondary N) is 2. The highest BCUT2D eigenvalue weighted by atomic mass is 32.1. The Morgan fingerprint density at radius 2 is 1.79 bits per heavy atom. The highest BCUT2D eigenvalue weighted by Crippen LogP contribution is 2.40. The van der Waals surface area contributed by atoms with Crippen molar-refractivity contribution < 1.29 is 4.39 Å². The number of rotatable bonds is 7. The highest BCUT2D eigenvalue weighted by Gasteiger charge is 2.21. The van der Waals surface area contributed by atoms with Gasteiger partial charge < -0.3 is 10.3 Å². The molecule has 6 rings (SSSR count). The molecule has 2 nitrogen and oxygen atoms in total. The summed E-state index contributed by atoms with van der Waals surface area (Å²) in [6.45, 7) is 14.7. The molecule has 3 aromatic heterocycles. The minimum Gasteiger partial charge on any atom is -0.386 e. The molecule has 0 radical (unpaired) electrons. The Kier molecular flexibility index (Phi) is 7.48. The minimum absolute atomic E-state index is 0.226. The van der Waals surface area contributed by atoms with E-state index in [4.69, 9.17) is 0 Å². The molecule has 2 aromatic carbocycles. The average molecular weight is 589 g/mol. The van der Waals surface area contributed by atoms with Crippen LogP contribution >= 0.6 is 22.7 Å². The van der Waals surface area contributed by atoms with Gasteiger partial charge in [0.25, 0.3) is 0 Å². The van der Waals surface area contributed by atoms with Gasteiger partial charge in [-0.1, -0.05) is 73.8 Å². The van der Waals surface area contributed by atoms with E-state index >= 15 is 4.39 Å². The van der Waals surface area contributed by atoms with Crippen LogP contribution in [0.1, 0.15) is 54.9 Å². The number of H-pyrrole nitrogens is 1. The maximum absolute atomic E-state index is 15.4. The molecule has 2 N–H and O–H groups in total. The van der Waals surface area contributed by atoms with Crippen LogP contribution in [0.4, 0.5) is 4.39 Å². The Balaban J connectivity index is 1.43. The molecular formula is C37H33FN2S2. The summed E-state index contributed by atoms with van der Waals surface area (Å²) in [5.41, 5.74) is 11.2. The molecule has 0 aliphatic heterocycles. The van der Waals surface area contributed by atoms with E-state index in [2.05, 4.69) is 91.9 Å². The zero-order valence-corrected chi connectivity index (χ0v) is 26.0. The molecule has 0 amide bonds. The van der Waals surface area contributed by atoms with E-state index in [9.17, 15) is 0 Å². The van der Waals surface area contributed by atoms with Crippen molar-refractivity contribution in [1.82, 2.24) is 10.3 Å². The second kappa shape index (κ2) is 11.2. The number of allylic oxidation sites excluding steroid dienone is 2. The summed E-state index contributed by atoms with van der Waals surface area (Å²) < 4.78 is 15.4. The van der Waals surface area contributed by atoms with Crippen molar-refractivity contribution in [2.75, 3.05) is 7.05 Å². The zero-order valence-electron chi connectivity index (χ0n) is 24.3. The fourth-order valence-electron chi connectivity index (χ4n) is 5.78. The molecule has 0 unspecified atom stereocenters. The maximum atomic E-state index is 15.4. The lowest BCUT2D eigenvalue weighted by Gasteiger charge is -2.05. The number of aryl methyl sites for hydroxylation is 2. The highest BCUT2D eigenvalue weighted by molar-refractivity contribution is 7.16. The molecule has 3 heterocycles. The van der Waals surface area contributed by atoms with Gasteiger partial charge in [0, 0.05) is 28.1 Å². The Labute approximate surface area is 254 Å². The van der Waals surface area contributed by atoms with Crippen molar-refractivity contribution in [2.24, 2.45) is 0 Å². The molecule has 1 aliphatic rings. The third-order valence-corrected chi connectivity index (χ3v) is 10.5. The number of thiophene rings is 2. The first-order chi connectivity index (χ1) is 20.3. The normalized spacial score (nSPS) is 13.6. The van der Waals surface area contributed by atoms with Gasteiger partial charge in [0.05, 0.1) is 26.0 Å². The first kappa shape index (κ1) is 28.0. The second-order valence-corrected chi connectivity index (χ2v) is 12.8. The third-order valence-electron chi connectivity index (χ3n) is 7.89. The van der Waals surface area contributed by atoms with Gasteiger partial charge >= 0.3 is 0 Å². The van der Waals surface area contributed by atoms with Crippen molar-refractivity contribution in [3.8, 4) is 10.6 Å². The standard InChI is InChI=1S/C37H33FN2S2/c1-7-29-33(35(39-6)32-20-30(38)37(42-32)22(3)16-25-13-9-8-12-21(25)2)24(5)40-34(29)31-17-23(4)36(41-31)28-18-26-14-10-11-15-27(26)19-28/h7-18,20,39-40H,1,5,19H2,2-4,6H3/b22-16+,35-33-. The predicted molar refractivity (Wildman–Crippen MR) is 182 cm³/mol. The van der Waals surface area contributed by atoms with E-state index in [0.29, 0.717) is 4.88 Å². The van der Waals surface area contributed by atoms with Gasteiger partial charge in [-0.3, -0.25) is 0 Å². The van der Waals surface area contributed by atoms with Gasteiger partial charge in [0.1, 0.15) is 5.82 Å². The van der Waals surface area contributed by atoms with Gasteiger partial charge in [-0.2, -0.15) is 0 Å². The Hall–Kier alpha value is -4.19. The third kappa shape index (κ3) is 4.93. The summed E-state index contributed by atoms with van der Waals surface area (Å²) in [6.07, 6.45) is 7.19. The lowest BCUT2D eigenvalue weighted by atomic mass is 10.1. The topological polar surface area (TPSA) is 27.8 Å². The summed E-state index contributed by atoms with van der Waals surface area (Å²) in [7, 11) is 1.87. The van der Waals surface area contributed by atoms with Crippen molar-refractivity contribution in [1.29, 1.82) is 0 Å². The molecule has 0 saturated heterocycles. The van der Waals surface area contributed by atoms with E-state index < -0.39 is 0 Å². The predicted octanol–water partition coefficient (Wildman–Crippen LogP) is 8.65. The van der Waals surface area contributed by atoms with Gasteiger partial charge in [0.15, 0.2) is 0 Å². The molecule has 5 heteroatoms. The second-order valence-electron chi connectivity index (χ2n) is 10.7. The number of aromatic amines is 1. The molecule has 0 saturated carbocycles. The molecular weight excluding hydrogens is 556 g/mol. The number of fused-ring (bicyclic) bond motifs is 1. The van der Waals surface area contributed by atoms with Crippen molar-refractivity contribution in [2.45, 2.75) is 27.2 Å². The van der Waals surface area contributed by atoms with Crippen molar-refractivity contribution in [3.63, 3.8) is 0 Å². The fourth-order valence-corrected chi connectivity index (χ4v) is 8.05. The van der Waals surface area contributed by atoms with Crippen LogP contribution in [0.5, 0.6) is 0 Å². The van der Waals surface area contributed by atoms with Crippen LogP contribution in [0.15, 0.2) is 67.2 Å². The summed E-state index contributed by atoms with van der Waals surface area (Å²) in [5, 5.41) is 5.04. The van der Waals surface area contributed by atoms with Gasteiger partial charge in [-0.15, -0.1) is 22.7 Å². The van der Waals surface area contributed by atoms with Crippen LogP contribution in [0, 0.1) is 19.7 Å². The van der Waals surface area contributed by atoms with Gasteiger partial charge in [-0.05, 0) is 84.4 Å². The van der Waals surface area contributed by atoms with Crippen LogP contribution in [-0.2, 0) is 6.42 Å². The molecule has 5 aromatic rings. The minimum atomic E-state index is -0.226. The molecule has 0 bridgehead atoms. The SMILES string of the molecule is C=Cc1c(-c2cc(C)c(C3=Cc4ccccc4C3)s2)[nH]c(=C)/c1=C(/NC)c1cc(F)c(/C(C)=C/c2ccccc2C)s1. The fraction of sp³-hybridized carbons (Fsp3) is 0.135. The van der Waals surface area contributed by atoms with Crippen LogP contribution < -0.4 is 15.9 Å². The summed E-state index contributed by atoms with van der Waals surface area (Å²) in [4.78, 5) is 7.43. The smallest absolute Gasteiger partial charge is 0.142 e. The Morgan fingerprint density at radius 1 is 1.02 bits per heavy atom. The first-order valence-electron chi connectivity index (χ1n) is 14.0. The Morgan fingerprint density at radius 3 is 2.52 bits per heavy atom. The Bertz CT molecular complexity index is 2030. The summed E-state index contributed by atoms with van der Waals surface area (Å²) >= 11 is 3.24. The van der Waals surface area contributed by atoms with E-state index in [0.717, 1.165) is 60.4 Å². The summed E-state index contributed by atoms with van der Waals surface area (Å²) in [6, 6.07) is 20.6. The van der Waals surface area contributed by atoms with E-state index in [-0.39, 0.29) is 5.82 Å². The molecule has 0 fully saturated rings. The number of hydrogen-bond acceptors (Lipinski definition) is 3. The van der Waals surface area contributed by atoms with Gasteiger partial charge in [-0.25, -0.2) is 4.39 Å². The van der Waals surface area contributed by atoms with E-state index in [1.807, 2.05) is 32.2 Å². The van der Waals surface area contributed by atoms with Crippen LogP contribution in [0.25, 0.3) is 52.2 Å². The lowest BCUT2D eigenvalue weighted by Crippen LogP contribution is -2.30. The monoisotopic (exact) mass is 588 g/mol. The van der Waals surface area contributed by atoms with Gasteiger partial charge in [0.2, 0.25) is 0 Å². The average Bonchev–Trinajstić information content (AvgIpc) is 3.74. The van der Waals surface area contributed by atoms with Crippen LogP contribution in [0.2, 0.25) is 0 Å². The molecule has 42 heavy (non-hydrogen) atoms. The largest absolute Gasteiger partial charge is 0.386 e. The lowest BCUT2D eigenvalue weighted by molar-refractivity contribution is 0.630. The van der Waals surface area contributed by atoms with Crippen molar-refractivity contribution >= 4 is 64.3 Å². The first-order valence-corrected chi connectivity index (χ1v) is 15.6. The molecule has 0 spiro atoms. The van der Waals surface area contributed by atoms with Crippen LogP contribution in [0.3, 0.4) is 0 Å². The summed E-state index contributed by atoms with van der Waals surface area (Å²) in [5.74, 6) is -0.226. The molecule has 210 valence electrons. The number of hydrogen-bond donors (Lipinski definition) is 2. The van der Waals surface area contributed by atoms with E-state index in [1.54, 1.807) is 17.4 Å². The molecule has 0 atom stereocenters. The maximum Gasteiger partial charge on any atom is 0.142 e. The quantitative estimate of drug-likeness (QED) is 0.196. The number of aromatic nitrogens is 1. The van der Waals surface area contributed by atoms with Crippen LogP contribution in [-0.4, -0.2) is 12.0 Å². The number of halogens is 1. The van der Waals surface area contributed by atoms with E-state index in [1.165, 1.54) is 38.5 Å². The number of benzene rings is 2. The zero-order chi connectivity index (χ0) is 29.5.